The van der Waals surface area contributed by atoms with Crippen LogP contribution in [0.25, 0.3) is 0 Å². The van der Waals surface area contributed by atoms with Gasteiger partial charge in [0, 0.05) is 12.5 Å². The van der Waals surface area contributed by atoms with Crippen molar-refractivity contribution in [1.82, 2.24) is 10.1 Å². The van der Waals surface area contributed by atoms with E-state index in [1.54, 1.807) is 6.92 Å². The Labute approximate surface area is 78.1 Å². The summed E-state index contributed by atoms with van der Waals surface area (Å²) < 4.78 is 28.9. The molecule has 0 aromatic carbocycles. The summed E-state index contributed by atoms with van der Waals surface area (Å²) >= 11 is 4.65. The molecule has 13 heavy (non-hydrogen) atoms. The number of nitrogens with zero attached hydrogens (tertiary/aromatic N) is 2. The molecular weight excluding hydrogens is 204 g/mol. The molecule has 0 radical (unpaired) electrons. The van der Waals surface area contributed by atoms with Crippen LogP contribution in [0.5, 0.6) is 0 Å². The van der Waals surface area contributed by atoms with Gasteiger partial charge in [-0.25, -0.2) is 0 Å². The van der Waals surface area contributed by atoms with E-state index in [0.717, 1.165) is 0 Å². The monoisotopic (exact) mass is 211 g/mol. The Hall–Kier alpha value is -0.750. The zero-order valence-electron chi connectivity index (χ0n) is 6.80. The van der Waals surface area contributed by atoms with Crippen LogP contribution >= 0.6 is 11.6 Å². The number of halogens is 3. The summed E-state index contributed by atoms with van der Waals surface area (Å²) in [6, 6.07) is -0.214. The molecule has 0 saturated heterocycles. The quantitative estimate of drug-likeness (QED) is 0.765. The first-order valence-corrected chi connectivity index (χ1v) is 3.92. The third-order valence-electron chi connectivity index (χ3n) is 1.22. The molecule has 1 atom stereocenters. The molecule has 0 amide bonds. The minimum absolute atomic E-state index is 0.130. The topological polar surface area (TPSA) is 64.9 Å². The van der Waals surface area contributed by atoms with Gasteiger partial charge in [0.05, 0.1) is 0 Å². The van der Waals surface area contributed by atoms with Crippen molar-refractivity contribution in [2.45, 2.75) is 24.8 Å². The van der Waals surface area contributed by atoms with Gasteiger partial charge in [0.15, 0.2) is 5.82 Å². The first kappa shape index (κ1) is 10.3. The molecule has 1 unspecified atom stereocenters. The highest BCUT2D eigenvalue weighted by molar-refractivity contribution is 6.21. The summed E-state index contributed by atoms with van der Waals surface area (Å²) in [6.07, 6.45) is 0.274. The molecule has 0 saturated carbocycles. The van der Waals surface area contributed by atoms with Crippen molar-refractivity contribution >= 4 is 11.6 Å². The molecule has 4 nitrogen and oxygen atoms in total. The van der Waals surface area contributed by atoms with Gasteiger partial charge in [-0.05, 0) is 18.5 Å². The van der Waals surface area contributed by atoms with Crippen LogP contribution in [0.15, 0.2) is 4.52 Å². The molecular formula is C6H8ClF2N3O. The van der Waals surface area contributed by atoms with Crippen LogP contribution in [-0.4, -0.2) is 16.2 Å². The summed E-state index contributed by atoms with van der Waals surface area (Å²) in [7, 11) is 0. The first-order valence-electron chi connectivity index (χ1n) is 3.55. The van der Waals surface area contributed by atoms with E-state index in [9.17, 15) is 8.78 Å². The highest BCUT2D eigenvalue weighted by Crippen LogP contribution is 2.30. The van der Waals surface area contributed by atoms with Gasteiger partial charge in [0.2, 0.25) is 0 Å². The highest BCUT2D eigenvalue weighted by atomic mass is 35.5. The van der Waals surface area contributed by atoms with Crippen LogP contribution < -0.4 is 5.73 Å². The Morgan fingerprint density at radius 1 is 1.69 bits per heavy atom. The first-order chi connectivity index (χ1) is 5.89. The molecule has 2 N–H and O–H groups in total. The van der Waals surface area contributed by atoms with Gasteiger partial charge in [0.1, 0.15) is 0 Å². The molecule has 1 aromatic rings. The van der Waals surface area contributed by atoms with Crippen molar-refractivity contribution in [3.05, 3.63) is 11.7 Å². The number of hydrogen-bond acceptors (Lipinski definition) is 4. The van der Waals surface area contributed by atoms with Crippen LogP contribution in [0, 0.1) is 0 Å². The van der Waals surface area contributed by atoms with Gasteiger partial charge in [0.25, 0.3) is 0 Å². The molecule has 74 valence electrons. The molecule has 7 heteroatoms. The lowest BCUT2D eigenvalue weighted by molar-refractivity contribution is 0.0550. The largest absolute Gasteiger partial charge is 0.400 e. The Morgan fingerprint density at radius 2 is 2.31 bits per heavy atom. The maximum Gasteiger partial charge on any atom is 0.400 e. The van der Waals surface area contributed by atoms with Crippen LogP contribution in [0.2, 0.25) is 0 Å². The maximum atomic E-state index is 12.3. The third-order valence-corrected chi connectivity index (χ3v) is 1.38. The molecule has 0 fully saturated rings. The van der Waals surface area contributed by atoms with E-state index in [0.29, 0.717) is 0 Å². The second-order valence-corrected chi connectivity index (χ2v) is 3.17. The van der Waals surface area contributed by atoms with E-state index >= 15 is 0 Å². The van der Waals surface area contributed by atoms with Crippen LogP contribution in [0.4, 0.5) is 8.78 Å². The van der Waals surface area contributed by atoms with Gasteiger partial charge in [-0.15, -0.1) is 0 Å². The van der Waals surface area contributed by atoms with Crippen molar-refractivity contribution < 1.29 is 13.3 Å². The van der Waals surface area contributed by atoms with Crippen LogP contribution in [0.1, 0.15) is 18.6 Å². The Balaban J connectivity index is 2.75. The van der Waals surface area contributed by atoms with Gasteiger partial charge in [-0.3, -0.25) is 0 Å². The summed E-state index contributed by atoms with van der Waals surface area (Å²) in [5.74, 6) is -0.768. The normalized spacial score (nSPS) is 14.5. The van der Waals surface area contributed by atoms with E-state index in [1.807, 2.05) is 0 Å². The average Bonchev–Trinajstić information content (AvgIpc) is 2.32. The second-order valence-electron chi connectivity index (χ2n) is 2.69. The number of nitrogens with two attached hydrogens (primary N) is 1. The predicted octanol–water partition coefficient (Wildman–Crippen LogP) is 1.25. The number of alkyl halides is 3. The van der Waals surface area contributed by atoms with E-state index in [-0.39, 0.29) is 18.3 Å². The van der Waals surface area contributed by atoms with Gasteiger partial charge < -0.3 is 10.3 Å². The summed E-state index contributed by atoms with van der Waals surface area (Å²) in [6.45, 7) is 1.70. The van der Waals surface area contributed by atoms with Crippen molar-refractivity contribution in [1.29, 1.82) is 0 Å². The average molecular weight is 212 g/mol. The van der Waals surface area contributed by atoms with E-state index in [1.165, 1.54) is 0 Å². The SMILES string of the molecule is CC(N)Cc1noc(C(F)(F)Cl)n1. The number of rotatable bonds is 3. The lowest BCUT2D eigenvalue weighted by Crippen LogP contribution is -2.18. The van der Waals surface area contributed by atoms with Gasteiger partial charge in [-0.2, -0.15) is 13.8 Å². The molecule has 0 spiro atoms. The maximum absolute atomic E-state index is 12.3. The Morgan fingerprint density at radius 3 is 2.69 bits per heavy atom. The fourth-order valence-electron chi connectivity index (χ4n) is 0.740. The molecule has 1 aromatic heterocycles. The third kappa shape index (κ3) is 2.89. The number of aromatic nitrogens is 2. The van der Waals surface area contributed by atoms with Crippen LogP contribution in [-0.2, 0) is 11.8 Å². The van der Waals surface area contributed by atoms with E-state index < -0.39 is 11.3 Å². The molecule has 1 heterocycles. The Kier molecular flexibility index (Phi) is 2.82. The summed E-state index contributed by atoms with van der Waals surface area (Å²) in [4.78, 5) is 3.38. The molecule has 0 aliphatic heterocycles. The fraction of sp³-hybridized carbons (Fsp3) is 0.667. The fourth-order valence-corrected chi connectivity index (χ4v) is 0.817. The minimum Gasteiger partial charge on any atom is -0.331 e. The number of hydrogen-bond donors (Lipinski definition) is 1. The van der Waals surface area contributed by atoms with E-state index in [4.69, 9.17) is 5.73 Å². The Bertz CT molecular complexity index is 284. The van der Waals surface area contributed by atoms with Crippen LogP contribution in [0.3, 0.4) is 0 Å². The van der Waals surface area contributed by atoms with Crippen molar-refractivity contribution in [3.8, 4) is 0 Å². The smallest absolute Gasteiger partial charge is 0.331 e. The zero-order chi connectivity index (χ0) is 10.1. The summed E-state index contributed by atoms with van der Waals surface area (Å²) in [5.41, 5.74) is 5.40. The minimum atomic E-state index is -3.61. The van der Waals surface area contributed by atoms with Crippen molar-refractivity contribution in [3.63, 3.8) is 0 Å². The zero-order valence-corrected chi connectivity index (χ0v) is 7.55. The molecule has 1 rings (SSSR count). The summed E-state index contributed by atoms with van der Waals surface area (Å²) in [5, 5.41) is -0.316. The van der Waals surface area contributed by atoms with Crippen molar-refractivity contribution in [2.24, 2.45) is 5.73 Å². The van der Waals surface area contributed by atoms with Gasteiger partial charge in [-0.1, -0.05) is 5.16 Å². The lowest BCUT2D eigenvalue weighted by Gasteiger charge is -1.99. The molecule has 0 aliphatic rings. The lowest BCUT2D eigenvalue weighted by atomic mass is 10.2. The van der Waals surface area contributed by atoms with Crippen molar-refractivity contribution in [2.75, 3.05) is 0 Å². The highest BCUT2D eigenvalue weighted by Gasteiger charge is 2.35. The molecule has 0 aliphatic carbocycles. The predicted molar refractivity (Wildman–Crippen MR) is 41.4 cm³/mol. The van der Waals surface area contributed by atoms with Gasteiger partial charge >= 0.3 is 11.3 Å². The standard InChI is InChI=1S/C6H8ClF2N3O/c1-3(10)2-4-11-5(13-12-4)6(7,8)9/h3H,2,10H2,1H3. The molecule has 0 bridgehead atoms. The van der Waals surface area contributed by atoms with E-state index in [2.05, 4.69) is 26.3 Å². The second kappa shape index (κ2) is 3.55.